The van der Waals surface area contributed by atoms with Crippen LogP contribution in [0.1, 0.15) is 58.2 Å². The summed E-state index contributed by atoms with van der Waals surface area (Å²) in [6.45, 7) is 0. The predicted octanol–water partition coefficient (Wildman–Crippen LogP) is 4.29. The number of urea groups is 1. The van der Waals surface area contributed by atoms with Crippen LogP contribution >= 0.6 is 11.3 Å². The van der Waals surface area contributed by atoms with Gasteiger partial charge in [0.05, 0.1) is 5.56 Å². The topological polar surface area (TPSA) is 130 Å². The quantitative estimate of drug-likeness (QED) is 0.556. The highest BCUT2D eigenvalue weighted by atomic mass is 32.1. The van der Waals surface area contributed by atoms with Gasteiger partial charge in [-0.1, -0.05) is 5.16 Å². The van der Waals surface area contributed by atoms with Gasteiger partial charge in [0.1, 0.15) is 16.4 Å². The van der Waals surface area contributed by atoms with Gasteiger partial charge in [-0.15, -0.1) is 11.3 Å². The number of thiophene rings is 1. The van der Waals surface area contributed by atoms with E-state index in [1.807, 2.05) is 0 Å². The highest BCUT2D eigenvalue weighted by Gasteiger charge is 2.31. The first kappa shape index (κ1) is 18.7. The highest BCUT2D eigenvalue weighted by molar-refractivity contribution is 7.17. The number of carboxylic acid groups (broad SMARTS) is 1. The first-order chi connectivity index (χ1) is 14.6. The molecule has 0 radical (unpaired) electrons. The maximum atomic E-state index is 12.7. The Morgan fingerprint density at radius 3 is 2.83 bits per heavy atom. The lowest BCUT2D eigenvalue weighted by Gasteiger charge is -2.11. The molecule has 0 bridgehead atoms. The van der Waals surface area contributed by atoms with Crippen molar-refractivity contribution in [1.29, 1.82) is 0 Å². The maximum Gasteiger partial charge on any atom is 0.339 e. The molecule has 154 valence electrons. The number of rotatable bonds is 5. The molecule has 9 nitrogen and oxygen atoms in total. The summed E-state index contributed by atoms with van der Waals surface area (Å²) in [6.07, 6.45) is 7.59. The van der Waals surface area contributed by atoms with Crippen molar-refractivity contribution in [3.63, 3.8) is 0 Å². The van der Waals surface area contributed by atoms with Crippen LogP contribution in [0.2, 0.25) is 0 Å². The van der Waals surface area contributed by atoms with Crippen LogP contribution in [0.15, 0.2) is 22.9 Å². The van der Waals surface area contributed by atoms with Gasteiger partial charge < -0.3 is 9.63 Å². The van der Waals surface area contributed by atoms with Crippen molar-refractivity contribution in [1.82, 2.24) is 15.1 Å². The van der Waals surface area contributed by atoms with E-state index in [-0.39, 0.29) is 11.4 Å². The molecule has 1 fully saturated rings. The van der Waals surface area contributed by atoms with Crippen LogP contribution in [0.4, 0.5) is 15.6 Å². The summed E-state index contributed by atoms with van der Waals surface area (Å²) in [4.78, 5) is 33.8. The Bertz CT molecular complexity index is 1130. The fourth-order valence-electron chi connectivity index (χ4n) is 3.64. The molecule has 0 saturated heterocycles. The second-order valence-electron chi connectivity index (χ2n) is 7.43. The lowest BCUT2D eigenvalue weighted by atomic mass is 9.95. The molecule has 10 heteroatoms. The summed E-state index contributed by atoms with van der Waals surface area (Å²) in [5, 5.41) is 19.4. The molecule has 3 heterocycles. The molecule has 0 aliphatic heterocycles. The number of aryl methyl sites for hydroxylation is 1. The lowest BCUT2D eigenvalue weighted by molar-refractivity contribution is 0.0697. The Labute approximate surface area is 175 Å². The fraction of sp³-hybridized carbons (Fsp3) is 0.350. The molecular formula is C20H19N5O4S. The molecule has 0 spiro atoms. The molecule has 2 aliphatic carbocycles. The summed E-state index contributed by atoms with van der Waals surface area (Å²) >= 11 is 1.50. The summed E-state index contributed by atoms with van der Waals surface area (Å²) in [5.41, 5.74) is 1.85. The number of pyridine rings is 1. The van der Waals surface area contributed by atoms with Crippen molar-refractivity contribution in [3.8, 4) is 11.5 Å². The standard InChI is InChI=1S/C20H19N5O4S/c26-19(27)12-5-3-9-21-16(12)23-20(28)24-18-14(11-4-1-2-6-13(11)30-18)17-22-15(25-29-17)10-7-8-10/h3,5,9-10H,1-2,4,6-8H2,(H,26,27)(H2,21,23,24,28). The third kappa shape index (κ3) is 3.54. The Morgan fingerprint density at radius 1 is 1.20 bits per heavy atom. The summed E-state index contributed by atoms with van der Waals surface area (Å²) < 4.78 is 5.55. The van der Waals surface area contributed by atoms with E-state index < -0.39 is 12.0 Å². The first-order valence-corrected chi connectivity index (χ1v) is 10.7. The number of carboxylic acids is 1. The number of hydrogen-bond acceptors (Lipinski definition) is 7. The lowest BCUT2D eigenvalue weighted by Crippen LogP contribution is -2.21. The minimum Gasteiger partial charge on any atom is -0.478 e. The van der Waals surface area contributed by atoms with Crippen molar-refractivity contribution in [2.24, 2.45) is 0 Å². The number of fused-ring (bicyclic) bond motifs is 1. The zero-order chi connectivity index (χ0) is 20.7. The normalized spacial score (nSPS) is 15.5. The van der Waals surface area contributed by atoms with Crippen LogP contribution in [0.25, 0.3) is 11.5 Å². The van der Waals surface area contributed by atoms with Gasteiger partial charge in [0.2, 0.25) is 0 Å². The van der Waals surface area contributed by atoms with Crippen molar-refractivity contribution < 1.29 is 19.2 Å². The van der Waals surface area contributed by atoms with E-state index in [0.29, 0.717) is 16.8 Å². The molecule has 2 amide bonds. The van der Waals surface area contributed by atoms with Gasteiger partial charge in [-0.25, -0.2) is 14.6 Å². The monoisotopic (exact) mass is 425 g/mol. The first-order valence-electron chi connectivity index (χ1n) is 9.85. The average Bonchev–Trinajstić information content (AvgIpc) is 3.36. The summed E-state index contributed by atoms with van der Waals surface area (Å²) in [7, 11) is 0. The van der Waals surface area contributed by atoms with Gasteiger partial charge in [-0.2, -0.15) is 4.98 Å². The fourth-order valence-corrected chi connectivity index (χ4v) is 4.92. The van der Waals surface area contributed by atoms with Gasteiger partial charge in [0.15, 0.2) is 5.82 Å². The smallest absolute Gasteiger partial charge is 0.339 e. The average molecular weight is 425 g/mol. The SMILES string of the molecule is O=C(Nc1ncccc1C(=O)O)Nc1sc2c(c1-c1nc(C3CC3)no1)CCCC2. The van der Waals surface area contributed by atoms with Crippen LogP contribution < -0.4 is 10.6 Å². The Balaban J connectivity index is 1.44. The molecule has 0 atom stereocenters. The zero-order valence-electron chi connectivity index (χ0n) is 16.0. The van der Waals surface area contributed by atoms with Crippen molar-refractivity contribution >= 4 is 34.2 Å². The van der Waals surface area contributed by atoms with Crippen molar-refractivity contribution in [3.05, 3.63) is 40.2 Å². The number of aromatic carboxylic acids is 1. The van der Waals surface area contributed by atoms with E-state index in [0.717, 1.165) is 55.5 Å². The largest absolute Gasteiger partial charge is 0.478 e. The number of aromatic nitrogens is 3. The Morgan fingerprint density at radius 2 is 2.03 bits per heavy atom. The van der Waals surface area contributed by atoms with E-state index in [1.165, 1.54) is 34.5 Å². The maximum absolute atomic E-state index is 12.7. The minimum absolute atomic E-state index is 0.0146. The number of amides is 2. The predicted molar refractivity (Wildman–Crippen MR) is 110 cm³/mol. The Kier molecular flexibility index (Phi) is 4.70. The molecule has 0 aromatic carbocycles. The third-order valence-electron chi connectivity index (χ3n) is 5.27. The summed E-state index contributed by atoms with van der Waals surface area (Å²) in [6, 6.07) is 2.32. The van der Waals surface area contributed by atoms with E-state index >= 15 is 0 Å². The highest BCUT2D eigenvalue weighted by Crippen LogP contribution is 2.45. The molecule has 0 unspecified atom stereocenters. The van der Waals surface area contributed by atoms with E-state index in [9.17, 15) is 14.7 Å². The number of hydrogen-bond donors (Lipinski definition) is 3. The molecular weight excluding hydrogens is 406 g/mol. The van der Waals surface area contributed by atoms with Crippen LogP contribution in [-0.2, 0) is 12.8 Å². The van der Waals surface area contributed by atoms with E-state index in [2.05, 4.69) is 25.8 Å². The molecule has 5 rings (SSSR count). The molecule has 1 saturated carbocycles. The van der Waals surface area contributed by atoms with E-state index in [4.69, 9.17) is 4.52 Å². The second-order valence-corrected chi connectivity index (χ2v) is 8.54. The van der Waals surface area contributed by atoms with E-state index in [1.54, 1.807) is 0 Å². The molecule has 30 heavy (non-hydrogen) atoms. The van der Waals surface area contributed by atoms with Crippen LogP contribution in [0, 0.1) is 0 Å². The molecule has 2 aliphatic rings. The molecule has 3 aromatic heterocycles. The number of anilines is 2. The molecule has 3 N–H and O–H groups in total. The van der Waals surface area contributed by atoms with Crippen molar-refractivity contribution in [2.75, 3.05) is 10.6 Å². The van der Waals surface area contributed by atoms with Gasteiger partial charge >= 0.3 is 12.0 Å². The summed E-state index contributed by atoms with van der Waals surface area (Å²) in [5.74, 6) is 0.338. The number of carbonyl (C=O) groups is 2. The van der Waals surface area contributed by atoms with Gasteiger partial charge in [-0.3, -0.25) is 10.6 Å². The van der Waals surface area contributed by atoms with Gasteiger partial charge in [-0.05, 0) is 56.2 Å². The second kappa shape index (κ2) is 7.52. The van der Waals surface area contributed by atoms with Crippen molar-refractivity contribution in [2.45, 2.75) is 44.4 Å². The Hall–Kier alpha value is -3.27. The van der Waals surface area contributed by atoms with Gasteiger partial charge in [0, 0.05) is 17.0 Å². The molecule has 3 aromatic rings. The number of carbonyl (C=O) groups excluding carboxylic acids is 1. The number of nitrogens with zero attached hydrogens (tertiary/aromatic N) is 3. The minimum atomic E-state index is -1.16. The van der Waals surface area contributed by atoms with Gasteiger partial charge in [0.25, 0.3) is 5.89 Å². The third-order valence-corrected chi connectivity index (χ3v) is 6.47. The zero-order valence-corrected chi connectivity index (χ0v) is 16.8. The number of nitrogens with one attached hydrogen (secondary N) is 2. The van der Waals surface area contributed by atoms with Crippen LogP contribution in [0.5, 0.6) is 0 Å². The van der Waals surface area contributed by atoms with Crippen LogP contribution in [0.3, 0.4) is 0 Å². The van der Waals surface area contributed by atoms with Crippen LogP contribution in [-0.4, -0.2) is 32.2 Å².